The fraction of sp³-hybridized carbons (Fsp3) is 0.423. The molecule has 2 aromatic rings. The van der Waals surface area contributed by atoms with Gasteiger partial charge in [-0.1, -0.05) is 45.0 Å². The average Bonchev–Trinajstić information content (AvgIpc) is 2.77. The van der Waals surface area contributed by atoms with Gasteiger partial charge in [-0.2, -0.15) is 4.31 Å². The van der Waals surface area contributed by atoms with Crippen molar-refractivity contribution >= 4 is 22.1 Å². The topological polar surface area (TPSA) is 72.9 Å². The molecule has 0 amide bonds. The van der Waals surface area contributed by atoms with E-state index >= 15 is 0 Å². The first-order valence-electron chi connectivity index (χ1n) is 11.1. The lowest BCUT2D eigenvalue weighted by molar-refractivity contribution is -0.138. The minimum absolute atomic E-state index is 0.0601. The number of sulfonamides is 1. The summed E-state index contributed by atoms with van der Waals surface area (Å²) in [5.41, 5.74) is 5.26. The van der Waals surface area contributed by atoms with Crippen LogP contribution in [0.4, 0.5) is 0 Å². The van der Waals surface area contributed by atoms with Gasteiger partial charge in [-0.25, -0.2) is 13.2 Å². The van der Waals surface area contributed by atoms with Crippen LogP contribution in [0.1, 0.15) is 48.6 Å². The number of aryl methyl sites for hydroxylation is 2. The number of hydrogen-bond donors (Lipinski definition) is 0. The van der Waals surface area contributed by atoms with Gasteiger partial charge < -0.3 is 9.47 Å². The van der Waals surface area contributed by atoms with Crippen molar-refractivity contribution < 1.29 is 22.7 Å². The second kappa shape index (κ2) is 10.2. The SMILES string of the molecule is Cc1cc(C(C)(C)C)cc(C)c1COC(=O)C=Cc1ccc(S(=O)(=O)N2CCOCC2)cc1. The Morgan fingerprint density at radius 1 is 1.06 bits per heavy atom. The minimum Gasteiger partial charge on any atom is -0.458 e. The molecule has 3 rings (SSSR count). The van der Waals surface area contributed by atoms with Crippen LogP contribution < -0.4 is 0 Å². The molecule has 1 heterocycles. The van der Waals surface area contributed by atoms with Crippen LogP contribution in [0.3, 0.4) is 0 Å². The summed E-state index contributed by atoms with van der Waals surface area (Å²) < 4.78 is 37.5. The van der Waals surface area contributed by atoms with Gasteiger partial charge in [0, 0.05) is 19.2 Å². The van der Waals surface area contributed by atoms with Crippen LogP contribution in [0, 0.1) is 13.8 Å². The molecule has 1 aliphatic heterocycles. The van der Waals surface area contributed by atoms with Crippen molar-refractivity contribution in [2.75, 3.05) is 26.3 Å². The van der Waals surface area contributed by atoms with Crippen molar-refractivity contribution in [1.29, 1.82) is 0 Å². The molecular formula is C26H33NO5S. The van der Waals surface area contributed by atoms with Crippen molar-refractivity contribution in [3.8, 4) is 0 Å². The van der Waals surface area contributed by atoms with E-state index in [0.717, 1.165) is 22.3 Å². The van der Waals surface area contributed by atoms with E-state index in [2.05, 4.69) is 32.9 Å². The highest BCUT2D eigenvalue weighted by Gasteiger charge is 2.26. The first-order chi connectivity index (χ1) is 15.5. The Balaban J connectivity index is 1.61. The lowest BCUT2D eigenvalue weighted by Crippen LogP contribution is -2.40. The molecule has 7 heteroatoms. The van der Waals surface area contributed by atoms with Gasteiger partial charge in [0.15, 0.2) is 0 Å². The van der Waals surface area contributed by atoms with Gasteiger partial charge in [0.1, 0.15) is 6.61 Å². The first kappa shape index (κ1) is 25.1. The zero-order chi connectivity index (χ0) is 24.2. The van der Waals surface area contributed by atoms with Crippen molar-refractivity contribution in [3.63, 3.8) is 0 Å². The van der Waals surface area contributed by atoms with Crippen molar-refractivity contribution in [2.24, 2.45) is 0 Å². The summed E-state index contributed by atoms with van der Waals surface area (Å²) in [4.78, 5) is 12.5. The number of carbonyl (C=O) groups is 1. The number of hydrogen-bond acceptors (Lipinski definition) is 5. The van der Waals surface area contributed by atoms with Gasteiger partial charge >= 0.3 is 5.97 Å². The molecule has 0 aliphatic carbocycles. The molecule has 0 saturated carbocycles. The number of carbonyl (C=O) groups excluding carboxylic acids is 1. The fourth-order valence-corrected chi connectivity index (χ4v) is 5.10. The first-order valence-corrected chi connectivity index (χ1v) is 12.6. The smallest absolute Gasteiger partial charge is 0.331 e. The third-order valence-corrected chi connectivity index (χ3v) is 7.73. The summed E-state index contributed by atoms with van der Waals surface area (Å²) in [6, 6.07) is 10.8. The highest BCUT2D eigenvalue weighted by Crippen LogP contribution is 2.27. The van der Waals surface area contributed by atoms with Crippen LogP contribution in [0.2, 0.25) is 0 Å². The van der Waals surface area contributed by atoms with E-state index in [-0.39, 0.29) is 16.9 Å². The van der Waals surface area contributed by atoms with Crippen molar-refractivity contribution in [3.05, 3.63) is 70.3 Å². The Morgan fingerprint density at radius 2 is 1.64 bits per heavy atom. The zero-order valence-corrected chi connectivity index (χ0v) is 20.9. The van der Waals surface area contributed by atoms with Crippen LogP contribution in [-0.4, -0.2) is 45.0 Å². The highest BCUT2D eigenvalue weighted by molar-refractivity contribution is 7.89. The van der Waals surface area contributed by atoms with Crippen LogP contribution >= 0.6 is 0 Å². The Labute approximate surface area is 197 Å². The number of rotatable bonds is 6. The summed E-state index contributed by atoms with van der Waals surface area (Å²) in [5.74, 6) is -0.446. The molecule has 0 radical (unpaired) electrons. The number of morpholine rings is 1. The molecule has 6 nitrogen and oxygen atoms in total. The largest absolute Gasteiger partial charge is 0.458 e. The molecule has 178 valence electrons. The maximum atomic E-state index is 12.7. The number of benzene rings is 2. The average molecular weight is 472 g/mol. The van der Waals surface area contributed by atoms with E-state index in [1.165, 1.54) is 15.9 Å². The molecule has 2 aromatic carbocycles. The predicted octanol–water partition coefficient (Wildman–Crippen LogP) is 4.38. The zero-order valence-electron chi connectivity index (χ0n) is 20.1. The molecule has 0 unspecified atom stereocenters. The number of ether oxygens (including phenoxy) is 2. The number of esters is 1. The summed E-state index contributed by atoms with van der Waals surface area (Å²) in [5, 5.41) is 0. The molecule has 1 aliphatic rings. The van der Waals surface area contributed by atoms with E-state index < -0.39 is 16.0 Å². The maximum Gasteiger partial charge on any atom is 0.331 e. The number of nitrogens with zero attached hydrogens (tertiary/aromatic N) is 1. The highest BCUT2D eigenvalue weighted by atomic mass is 32.2. The third-order valence-electron chi connectivity index (χ3n) is 5.82. The van der Waals surface area contributed by atoms with Crippen LogP contribution in [0.15, 0.2) is 47.4 Å². The molecule has 0 spiro atoms. The van der Waals surface area contributed by atoms with Gasteiger partial charge in [0.25, 0.3) is 0 Å². The Hall–Kier alpha value is -2.48. The fourth-order valence-electron chi connectivity index (χ4n) is 3.70. The minimum atomic E-state index is -3.53. The van der Waals surface area contributed by atoms with Crippen LogP contribution in [0.5, 0.6) is 0 Å². The van der Waals surface area contributed by atoms with Gasteiger partial charge in [-0.3, -0.25) is 0 Å². The lowest BCUT2D eigenvalue weighted by atomic mass is 9.84. The summed E-state index contributed by atoms with van der Waals surface area (Å²) >= 11 is 0. The van der Waals surface area contributed by atoms with Gasteiger partial charge in [0.05, 0.1) is 18.1 Å². The molecule has 0 N–H and O–H groups in total. The Kier molecular flexibility index (Phi) is 7.77. The Bertz CT molecular complexity index is 1100. The predicted molar refractivity (Wildman–Crippen MR) is 129 cm³/mol. The summed E-state index contributed by atoms with van der Waals surface area (Å²) in [7, 11) is -3.53. The lowest BCUT2D eigenvalue weighted by Gasteiger charge is -2.26. The standard InChI is InChI=1S/C26H33NO5S/c1-19-16-22(26(3,4)5)17-20(2)24(19)18-32-25(28)11-8-21-6-9-23(10-7-21)33(29,30)27-12-14-31-15-13-27/h6-11,16-17H,12-15,18H2,1-5H3. The van der Waals surface area contributed by atoms with Gasteiger partial charge in [-0.05, 0) is 65.3 Å². The monoisotopic (exact) mass is 471 g/mol. The maximum absolute atomic E-state index is 12.7. The van der Waals surface area contributed by atoms with E-state index in [1.54, 1.807) is 30.3 Å². The summed E-state index contributed by atoms with van der Waals surface area (Å²) in [6.07, 6.45) is 2.98. The molecule has 33 heavy (non-hydrogen) atoms. The van der Waals surface area contributed by atoms with E-state index in [4.69, 9.17) is 9.47 Å². The van der Waals surface area contributed by atoms with E-state index in [0.29, 0.717) is 26.3 Å². The molecule has 0 bridgehead atoms. The molecule has 0 aromatic heterocycles. The summed E-state index contributed by atoms with van der Waals surface area (Å²) in [6.45, 7) is 12.3. The Morgan fingerprint density at radius 3 is 2.18 bits per heavy atom. The molecule has 1 fully saturated rings. The second-order valence-electron chi connectivity index (χ2n) is 9.37. The third kappa shape index (κ3) is 6.31. The van der Waals surface area contributed by atoms with Gasteiger partial charge in [-0.15, -0.1) is 0 Å². The van der Waals surface area contributed by atoms with E-state index in [9.17, 15) is 13.2 Å². The van der Waals surface area contributed by atoms with Crippen LogP contribution in [-0.2, 0) is 36.3 Å². The molecule has 0 atom stereocenters. The van der Waals surface area contributed by atoms with E-state index in [1.807, 2.05) is 13.8 Å². The normalized spacial score (nSPS) is 15.7. The second-order valence-corrected chi connectivity index (χ2v) is 11.3. The molecular weight excluding hydrogens is 438 g/mol. The van der Waals surface area contributed by atoms with Crippen molar-refractivity contribution in [1.82, 2.24) is 4.31 Å². The molecule has 1 saturated heterocycles. The van der Waals surface area contributed by atoms with Crippen LogP contribution in [0.25, 0.3) is 6.08 Å². The van der Waals surface area contributed by atoms with Gasteiger partial charge in [0.2, 0.25) is 10.0 Å². The van der Waals surface area contributed by atoms with Crippen molar-refractivity contribution in [2.45, 2.75) is 51.5 Å². The quantitative estimate of drug-likeness (QED) is 0.462.